The molecule has 0 spiro atoms. The molecule has 0 aliphatic carbocycles. The third kappa shape index (κ3) is 2.02. The van der Waals surface area contributed by atoms with Crippen LogP contribution >= 0.6 is 27.3 Å². The van der Waals surface area contributed by atoms with E-state index in [0.717, 1.165) is 15.2 Å². The summed E-state index contributed by atoms with van der Waals surface area (Å²) in [6.07, 6.45) is 1.81. The number of aliphatic imine (C=N–C) groups is 1. The van der Waals surface area contributed by atoms with Gasteiger partial charge in [0.15, 0.2) is 5.96 Å². The van der Waals surface area contributed by atoms with Crippen molar-refractivity contribution in [1.29, 1.82) is 0 Å². The molecule has 6 heteroatoms. The van der Waals surface area contributed by atoms with Crippen molar-refractivity contribution < 1.29 is 0 Å². The van der Waals surface area contributed by atoms with Crippen molar-refractivity contribution in [2.24, 2.45) is 10.7 Å². The Bertz CT molecular complexity index is 582. The molecular formula is C12H11BrN4S. The minimum absolute atomic E-state index is 0.110. The van der Waals surface area contributed by atoms with Crippen LogP contribution < -0.4 is 10.6 Å². The summed E-state index contributed by atoms with van der Waals surface area (Å²) in [5.41, 5.74) is 7.03. The zero-order valence-corrected chi connectivity index (χ0v) is 11.9. The Morgan fingerprint density at radius 1 is 1.44 bits per heavy atom. The van der Waals surface area contributed by atoms with Gasteiger partial charge in [-0.2, -0.15) is 0 Å². The van der Waals surface area contributed by atoms with E-state index in [1.54, 1.807) is 11.3 Å². The smallest absolute Gasteiger partial charge is 0.196 e. The number of benzene rings is 1. The molecule has 1 aromatic heterocycles. The van der Waals surface area contributed by atoms with Gasteiger partial charge >= 0.3 is 0 Å². The van der Waals surface area contributed by atoms with Gasteiger partial charge in [-0.3, -0.25) is 4.99 Å². The molecule has 1 aliphatic rings. The van der Waals surface area contributed by atoms with Crippen molar-refractivity contribution in [3.8, 4) is 0 Å². The summed E-state index contributed by atoms with van der Waals surface area (Å²) in [6, 6.07) is 8.15. The largest absolute Gasteiger partial charge is 0.369 e. The van der Waals surface area contributed by atoms with Crippen LogP contribution in [0, 0.1) is 0 Å². The Hall–Kier alpha value is -1.40. The Balaban J connectivity index is 1.99. The number of guanidine groups is 1. The first-order valence-corrected chi connectivity index (χ1v) is 7.17. The maximum absolute atomic E-state index is 6.00. The van der Waals surface area contributed by atoms with E-state index in [0.29, 0.717) is 12.5 Å². The second kappa shape index (κ2) is 4.70. The topological polar surface area (TPSA) is 54.5 Å². The predicted octanol–water partition coefficient (Wildman–Crippen LogP) is 2.78. The molecule has 0 saturated heterocycles. The van der Waals surface area contributed by atoms with Gasteiger partial charge in [0.25, 0.3) is 0 Å². The maximum atomic E-state index is 6.00. The van der Waals surface area contributed by atoms with Crippen LogP contribution in [0.4, 0.5) is 5.69 Å². The van der Waals surface area contributed by atoms with Crippen molar-refractivity contribution in [3.63, 3.8) is 0 Å². The first kappa shape index (κ1) is 11.7. The summed E-state index contributed by atoms with van der Waals surface area (Å²) in [6.45, 7) is 0.659. The zero-order chi connectivity index (χ0) is 12.5. The van der Waals surface area contributed by atoms with Gasteiger partial charge in [-0.05, 0) is 18.2 Å². The van der Waals surface area contributed by atoms with Crippen LogP contribution in [0.1, 0.15) is 11.0 Å². The molecule has 92 valence electrons. The fourth-order valence-corrected chi connectivity index (χ4v) is 3.13. The van der Waals surface area contributed by atoms with E-state index < -0.39 is 0 Å². The summed E-state index contributed by atoms with van der Waals surface area (Å²) < 4.78 is 1.03. The number of aromatic nitrogens is 1. The average Bonchev–Trinajstić information content (AvgIpc) is 2.97. The van der Waals surface area contributed by atoms with Gasteiger partial charge in [-0.1, -0.05) is 22.0 Å². The fraction of sp³-hybridized carbons (Fsp3) is 0.167. The van der Waals surface area contributed by atoms with Gasteiger partial charge in [0, 0.05) is 21.7 Å². The van der Waals surface area contributed by atoms with Crippen LogP contribution in [0.5, 0.6) is 0 Å². The number of hydrogen-bond donors (Lipinski definition) is 1. The lowest BCUT2D eigenvalue weighted by Crippen LogP contribution is -2.36. The second-order valence-corrected chi connectivity index (χ2v) is 5.78. The molecule has 1 atom stereocenters. The molecule has 2 N–H and O–H groups in total. The predicted molar refractivity (Wildman–Crippen MR) is 78.0 cm³/mol. The monoisotopic (exact) mass is 322 g/mol. The number of thiazole rings is 1. The van der Waals surface area contributed by atoms with E-state index in [4.69, 9.17) is 5.73 Å². The molecule has 4 nitrogen and oxygen atoms in total. The molecule has 1 unspecified atom stereocenters. The van der Waals surface area contributed by atoms with E-state index >= 15 is 0 Å². The molecule has 0 amide bonds. The van der Waals surface area contributed by atoms with Crippen molar-refractivity contribution in [2.75, 3.05) is 11.4 Å². The average molecular weight is 323 g/mol. The quantitative estimate of drug-likeness (QED) is 0.925. The highest BCUT2D eigenvalue weighted by atomic mass is 79.9. The summed E-state index contributed by atoms with van der Waals surface area (Å²) in [7, 11) is 0. The van der Waals surface area contributed by atoms with Crippen LogP contribution in [-0.2, 0) is 0 Å². The number of hydrogen-bond acceptors (Lipinski definition) is 5. The Labute approximate surface area is 117 Å². The third-order valence-electron chi connectivity index (χ3n) is 2.81. The lowest BCUT2D eigenvalue weighted by molar-refractivity contribution is 0.760. The normalized spacial score (nSPS) is 19.1. The van der Waals surface area contributed by atoms with Gasteiger partial charge in [0.05, 0.1) is 6.54 Å². The first-order valence-electron chi connectivity index (χ1n) is 5.50. The molecule has 1 aromatic carbocycles. The molecule has 1 aliphatic heterocycles. The van der Waals surface area contributed by atoms with Crippen molar-refractivity contribution >= 4 is 38.9 Å². The van der Waals surface area contributed by atoms with E-state index in [1.807, 2.05) is 40.7 Å². The van der Waals surface area contributed by atoms with E-state index in [9.17, 15) is 0 Å². The maximum Gasteiger partial charge on any atom is 0.196 e. The highest BCUT2D eigenvalue weighted by Gasteiger charge is 2.30. The van der Waals surface area contributed by atoms with Gasteiger partial charge in [-0.25, -0.2) is 4.98 Å². The molecule has 0 bridgehead atoms. The minimum atomic E-state index is 0.110. The number of anilines is 1. The Morgan fingerprint density at radius 3 is 3.06 bits per heavy atom. The van der Waals surface area contributed by atoms with Crippen LogP contribution in [-0.4, -0.2) is 17.5 Å². The number of halogens is 1. The molecular weight excluding hydrogens is 312 g/mol. The molecule has 18 heavy (non-hydrogen) atoms. The van der Waals surface area contributed by atoms with Gasteiger partial charge in [0.2, 0.25) is 0 Å². The first-order chi connectivity index (χ1) is 8.75. The van der Waals surface area contributed by atoms with Crippen molar-refractivity contribution in [3.05, 3.63) is 45.3 Å². The fourth-order valence-electron chi connectivity index (χ4n) is 2.02. The van der Waals surface area contributed by atoms with Crippen LogP contribution in [0.25, 0.3) is 0 Å². The summed E-state index contributed by atoms with van der Waals surface area (Å²) in [4.78, 5) is 10.7. The number of nitrogens with zero attached hydrogens (tertiary/aromatic N) is 3. The lowest BCUT2D eigenvalue weighted by Gasteiger charge is -2.24. The summed E-state index contributed by atoms with van der Waals surface area (Å²) >= 11 is 5.11. The van der Waals surface area contributed by atoms with Crippen molar-refractivity contribution in [2.45, 2.75) is 6.04 Å². The Morgan fingerprint density at radius 2 is 2.33 bits per heavy atom. The van der Waals surface area contributed by atoms with Gasteiger partial charge in [-0.15, -0.1) is 11.3 Å². The molecule has 2 heterocycles. The molecule has 3 rings (SSSR count). The van der Waals surface area contributed by atoms with Crippen LogP contribution in [0.15, 0.2) is 45.3 Å². The molecule has 0 saturated carbocycles. The van der Waals surface area contributed by atoms with Crippen molar-refractivity contribution in [1.82, 2.24) is 4.98 Å². The number of rotatable bonds is 2. The SMILES string of the molecule is NC1=NCC(c2nccs2)N1c1cccc(Br)c1. The van der Waals surface area contributed by atoms with Crippen LogP contribution in [0.3, 0.4) is 0 Å². The standard InChI is InChI=1S/C12H11BrN4S/c13-8-2-1-3-9(6-8)17-10(7-16-12(17)14)11-15-4-5-18-11/h1-6,10H,7H2,(H2,14,16). The highest BCUT2D eigenvalue weighted by molar-refractivity contribution is 9.10. The Kier molecular flexibility index (Phi) is 3.05. The zero-order valence-electron chi connectivity index (χ0n) is 9.45. The van der Waals surface area contributed by atoms with E-state index in [-0.39, 0.29) is 6.04 Å². The highest BCUT2D eigenvalue weighted by Crippen LogP contribution is 2.33. The second-order valence-electron chi connectivity index (χ2n) is 3.93. The van der Waals surface area contributed by atoms with Crippen LogP contribution in [0.2, 0.25) is 0 Å². The van der Waals surface area contributed by atoms with E-state index in [2.05, 4.69) is 25.9 Å². The van der Waals surface area contributed by atoms with E-state index in [1.165, 1.54) is 0 Å². The number of nitrogens with two attached hydrogens (primary N) is 1. The lowest BCUT2D eigenvalue weighted by atomic mass is 10.2. The third-order valence-corrected chi connectivity index (χ3v) is 4.18. The summed E-state index contributed by atoms with van der Waals surface area (Å²) in [5, 5.41) is 3.02. The summed E-state index contributed by atoms with van der Waals surface area (Å²) in [5.74, 6) is 0.549. The molecule has 2 aromatic rings. The van der Waals surface area contributed by atoms with Gasteiger partial charge in [0.1, 0.15) is 11.0 Å². The van der Waals surface area contributed by atoms with Gasteiger partial charge < -0.3 is 10.6 Å². The molecule has 0 radical (unpaired) electrons. The molecule has 0 fully saturated rings. The minimum Gasteiger partial charge on any atom is -0.369 e.